The number of nitrogens with zero attached hydrogens (tertiary/aromatic N) is 1. The van der Waals surface area contributed by atoms with Crippen LogP contribution in [0.1, 0.15) is 5.56 Å². The average molecular weight is 210 g/mol. The first-order valence-electron chi connectivity index (χ1n) is 5.36. The summed E-state index contributed by atoms with van der Waals surface area (Å²) in [7, 11) is 2.10. The Bertz CT molecular complexity index is 268. The maximum atomic E-state index is 5.64. The molecular formula is C11H18N2O2. The molecule has 0 spiro atoms. The molecular weight excluding hydrogens is 192 g/mol. The molecule has 2 heterocycles. The molecule has 1 atom stereocenters. The van der Waals surface area contributed by atoms with Crippen molar-refractivity contribution in [3.05, 3.63) is 24.2 Å². The number of ether oxygens (including phenoxy) is 1. The molecule has 0 radical (unpaired) electrons. The van der Waals surface area contributed by atoms with Crippen molar-refractivity contribution in [2.75, 3.05) is 33.3 Å². The number of hydrogen-bond donors (Lipinski definition) is 1. The molecule has 1 aromatic rings. The summed E-state index contributed by atoms with van der Waals surface area (Å²) in [5.41, 5.74) is 1.21. The second-order valence-electron chi connectivity index (χ2n) is 4.03. The van der Waals surface area contributed by atoms with Crippen molar-refractivity contribution in [1.29, 1.82) is 0 Å². The van der Waals surface area contributed by atoms with Crippen LogP contribution in [0.4, 0.5) is 0 Å². The van der Waals surface area contributed by atoms with E-state index in [9.17, 15) is 0 Å². The van der Waals surface area contributed by atoms with Gasteiger partial charge in [0.05, 0.1) is 25.2 Å². The summed E-state index contributed by atoms with van der Waals surface area (Å²) in [5.74, 6) is 0. The normalized spacial score (nSPS) is 22.1. The van der Waals surface area contributed by atoms with Crippen molar-refractivity contribution in [2.45, 2.75) is 12.6 Å². The quantitative estimate of drug-likeness (QED) is 0.794. The molecule has 84 valence electrons. The SMILES string of the molecule is CN(Cc1ccoc1)CC1CNCCO1. The van der Waals surface area contributed by atoms with Crippen LogP contribution in [0, 0.1) is 0 Å². The van der Waals surface area contributed by atoms with Crippen LogP contribution < -0.4 is 5.32 Å². The molecule has 1 saturated heterocycles. The molecule has 1 aliphatic rings. The zero-order valence-corrected chi connectivity index (χ0v) is 9.11. The molecule has 0 saturated carbocycles. The summed E-state index contributed by atoms with van der Waals surface area (Å²) in [6.45, 7) is 4.62. The molecule has 4 heteroatoms. The van der Waals surface area contributed by atoms with Crippen LogP contribution in [0.15, 0.2) is 23.0 Å². The van der Waals surface area contributed by atoms with Crippen molar-refractivity contribution < 1.29 is 9.15 Å². The number of furan rings is 1. The predicted molar refractivity (Wildman–Crippen MR) is 57.7 cm³/mol. The highest BCUT2D eigenvalue weighted by molar-refractivity contribution is 5.04. The molecule has 4 nitrogen and oxygen atoms in total. The second-order valence-corrected chi connectivity index (χ2v) is 4.03. The van der Waals surface area contributed by atoms with E-state index in [1.165, 1.54) is 5.56 Å². The Morgan fingerprint density at radius 3 is 3.20 bits per heavy atom. The van der Waals surface area contributed by atoms with E-state index in [0.717, 1.165) is 32.8 Å². The lowest BCUT2D eigenvalue weighted by molar-refractivity contribution is 0.00882. The third-order valence-electron chi connectivity index (χ3n) is 2.55. The Labute approximate surface area is 90.2 Å². The number of nitrogens with one attached hydrogen (secondary N) is 1. The molecule has 1 aliphatic heterocycles. The predicted octanol–water partition coefficient (Wildman–Crippen LogP) is 0.700. The smallest absolute Gasteiger partial charge is 0.0947 e. The van der Waals surface area contributed by atoms with E-state index < -0.39 is 0 Å². The molecule has 1 N–H and O–H groups in total. The molecule has 1 aromatic heterocycles. The van der Waals surface area contributed by atoms with Gasteiger partial charge in [0.1, 0.15) is 0 Å². The van der Waals surface area contributed by atoms with Crippen LogP contribution in [-0.4, -0.2) is 44.3 Å². The molecule has 0 aliphatic carbocycles. The average Bonchev–Trinajstić information content (AvgIpc) is 2.71. The molecule has 0 aromatic carbocycles. The summed E-state index contributed by atoms with van der Waals surface area (Å²) >= 11 is 0. The van der Waals surface area contributed by atoms with E-state index in [-0.39, 0.29) is 0 Å². The van der Waals surface area contributed by atoms with Gasteiger partial charge in [-0.25, -0.2) is 0 Å². The van der Waals surface area contributed by atoms with Gasteiger partial charge in [0.2, 0.25) is 0 Å². The van der Waals surface area contributed by atoms with Crippen LogP contribution in [-0.2, 0) is 11.3 Å². The summed E-state index contributed by atoms with van der Waals surface area (Å²) in [6.07, 6.45) is 3.81. The number of hydrogen-bond acceptors (Lipinski definition) is 4. The van der Waals surface area contributed by atoms with E-state index in [4.69, 9.17) is 9.15 Å². The van der Waals surface area contributed by atoms with Crippen molar-refractivity contribution in [1.82, 2.24) is 10.2 Å². The minimum absolute atomic E-state index is 0.315. The minimum atomic E-state index is 0.315. The van der Waals surface area contributed by atoms with Gasteiger partial charge in [-0.1, -0.05) is 0 Å². The third kappa shape index (κ3) is 3.34. The summed E-state index contributed by atoms with van der Waals surface area (Å²) in [5, 5.41) is 3.33. The van der Waals surface area contributed by atoms with Crippen LogP contribution >= 0.6 is 0 Å². The van der Waals surface area contributed by atoms with Crippen LogP contribution in [0.3, 0.4) is 0 Å². The molecule has 0 bridgehead atoms. The number of rotatable bonds is 4. The monoisotopic (exact) mass is 210 g/mol. The summed E-state index contributed by atoms with van der Waals surface area (Å²) < 4.78 is 10.7. The number of morpholine rings is 1. The molecule has 15 heavy (non-hydrogen) atoms. The Balaban J connectivity index is 1.74. The molecule has 0 amide bonds. The first kappa shape index (κ1) is 10.7. The van der Waals surface area contributed by atoms with Crippen molar-refractivity contribution in [3.63, 3.8) is 0 Å². The fourth-order valence-corrected chi connectivity index (χ4v) is 1.84. The van der Waals surface area contributed by atoms with E-state index >= 15 is 0 Å². The first-order chi connectivity index (χ1) is 7.34. The van der Waals surface area contributed by atoms with Crippen molar-refractivity contribution in [3.8, 4) is 0 Å². The van der Waals surface area contributed by atoms with Crippen LogP contribution in [0.25, 0.3) is 0 Å². The van der Waals surface area contributed by atoms with Crippen molar-refractivity contribution >= 4 is 0 Å². The van der Waals surface area contributed by atoms with Gasteiger partial charge in [0, 0.05) is 31.7 Å². The topological polar surface area (TPSA) is 37.6 Å². The maximum Gasteiger partial charge on any atom is 0.0947 e. The van der Waals surface area contributed by atoms with Gasteiger partial charge in [-0.15, -0.1) is 0 Å². The highest BCUT2D eigenvalue weighted by Crippen LogP contribution is 2.05. The van der Waals surface area contributed by atoms with Gasteiger partial charge < -0.3 is 14.5 Å². The Morgan fingerprint density at radius 2 is 2.53 bits per heavy atom. The summed E-state index contributed by atoms with van der Waals surface area (Å²) in [6, 6.07) is 2.00. The minimum Gasteiger partial charge on any atom is -0.472 e. The molecule has 1 unspecified atom stereocenters. The fourth-order valence-electron chi connectivity index (χ4n) is 1.84. The maximum absolute atomic E-state index is 5.64. The van der Waals surface area contributed by atoms with Crippen LogP contribution in [0.5, 0.6) is 0 Å². The Kier molecular flexibility index (Phi) is 3.77. The lowest BCUT2D eigenvalue weighted by Gasteiger charge is -2.27. The van der Waals surface area contributed by atoms with Gasteiger partial charge in [0.15, 0.2) is 0 Å². The fraction of sp³-hybridized carbons (Fsp3) is 0.636. The Morgan fingerprint density at radius 1 is 1.60 bits per heavy atom. The lowest BCUT2D eigenvalue weighted by atomic mass is 10.2. The summed E-state index contributed by atoms with van der Waals surface area (Å²) in [4.78, 5) is 2.25. The largest absolute Gasteiger partial charge is 0.472 e. The van der Waals surface area contributed by atoms with Gasteiger partial charge in [-0.05, 0) is 13.1 Å². The zero-order chi connectivity index (χ0) is 10.5. The van der Waals surface area contributed by atoms with E-state index in [1.54, 1.807) is 12.5 Å². The zero-order valence-electron chi connectivity index (χ0n) is 9.11. The first-order valence-corrected chi connectivity index (χ1v) is 5.36. The second kappa shape index (κ2) is 5.30. The lowest BCUT2D eigenvalue weighted by Crippen LogP contribution is -2.44. The van der Waals surface area contributed by atoms with E-state index in [1.807, 2.05) is 6.07 Å². The van der Waals surface area contributed by atoms with E-state index in [2.05, 4.69) is 17.3 Å². The van der Waals surface area contributed by atoms with Gasteiger partial charge in [0.25, 0.3) is 0 Å². The van der Waals surface area contributed by atoms with Gasteiger partial charge in [-0.2, -0.15) is 0 Å². The van der Waals surface area contributed by atoms with Crippen molar-refractivity contribution in [2.24, 2.45) is 0 Å². The van der Waals surface area contributed by atoms with E-state index in [0.29, 0.717) is 6.10 Å². The van der Waals surface area contributed by atoms with Gasteiger partial charge >= 0.3 is 0 Å². The molecule has 2 rings (SSSR count). The standard InChI is InChI=1S/C11H18N2O2/c1-13(7-10-2-4-14-9-10)8-11-6-12-3-5-15-11/h2,4,9,11-12H,3,5-8H2,1H3. The van der Waals surface area contributed by atoms with Crippen LogP contribution in [0.2, 0.25) is 0 Å². The molecule has 1 fully saturated rings. The number of likely N-dealkylation sites (N-methyl/N-ethyl adjacent to an activating group) is 1. The Hall–Kier alpha value is -0.840. The highest BCUT2D eigenvalue weighted by Gasteiger charge is 2.15. The van der Waals surface area contributed by atoms with Gasteiger partial charge in [-0.3, -0.25) is 4.90 Å². The highest BCUT2D eigenvalue weighted by atomic mass is 16.5. The third-order valence-corrected chi connectivity index (χ3v) is 2.55.